The number of furan rings is 1. The van der Waals surface area contributed by atoms with Gasteiger partial charge in [0, 0.05) is 25.6 Å². The normalized spacial score (nSPS) is 15.0. The molecule has 3 rings (SSSR count). The molecule has 1 saturated heterocycles. The lowest BCUT2D eigenvalue weighted by atomic mass is 9.95. The highest BCUT2D eigenvalue weighted by molar-refractivity contribution is 5.94. The average Bonchev–Trinajstić information content (AvgIpc) is 3.20. The molecular formula is C19H22N2O4. The maximum Gasteiger partial charge on any atom is 0.257 e. The van der Waals surface area contributed by atoms with Crippen LogP contribution in [0.4, 0.5) is 0 Å². The summed E-state index contributed by atoms with van der Waals surface area (Å²) in [5, 5.41) is 2.98. The van der Waals surface area contributed by atoms with Crippen LogP contribution in [0.25, 0.3) is 0 Å². The summed E-state index contributed by atoms with van der Waals surface area (Å²) in [4.78, 5) is 26.4. The van der Waals surface area contributed by atoms with Crippen molar-refractivity contribution in [3.05, 3.63) is 54.0 Å². The van der Waals surface area contributed by atoms with Crippen molar-refractivity contribution >= 4 is 11.8 Å². The van der Waals surface area contributed by atoms with Crippen molar-refractivity contribution in [2.45, 2.75) is 19.4 Å². The monoisotopic (exact) mass is 342 g/mol. The number of hydrogen-bond donors (Lipinski definition) is 1. The Morgan fingerprint density at radius 2 is 2.08 bits per heavy atom. The van der Waals surface area contributed by atoms with Gasteiger partial charge in [-0.25, -0.2) is 0 Å². The third-order valence-electron chi connectivity index (χ3n) is 4.52. The van der Waals surface area contributed by atoms with Crippen molar-refractivity contribution in [2.75, 3.05) is 20.2 Å². The lowest BCUT2D eigenvalue weighted by Gasteiger charge is -2.31. The maximum absolute atomic E-state index is 12.4. The Bertz CT molecular complexity index is 719. The Morgan fingerprint density at radius 1 is 1.28 bits per heavy atom. The quantitative estimate of drug-likeness (QED) is 0.906. The second-order valence-corrected chi connectivity index (χ2v) is 6.15. The van der Waals surface area contributed by atoms with Crippen LogP contribution in [0.3, 0.4) is 0 Å². The Balaban J connectivity index is 1.47. The molecule has 0 aliphatic carbocycles. The van der Waals surface area contributed by atoms with Gasteiger partial charge in [0.1, 0.15) is 12.0 Å². The van der Waals surface area contributed by atoms with Crippen molar-refractivity contribution in [1.29, 1.82) is 0 Å². The van der Waals surface area contributed by atoms with E-state index < -0.39 is 0 Å². The maximum atomic E-state index is 12.4. The molecule has 1 N–H and O–H groups in total. The van der Waals surface area contributed by atoms with Gasteiger partial charge in [-0.2, -0.15) is 0 Å². The van der Waals surface area contributed by atoms with Crippen LogP contribution in [0, 0.1) is 5.92 Å². The number of nitrogens with one attached hydrogen (secondary N) is 1. The van der Waals surface area contributed by atoms with E-state index in [1.165, 1.54) is 12.5 Å². The number of nitrogens with zero attached hydrogens (tertiary/aromatic N) is 1. The minimum Gasteiger partial charge on any atom is -0.497 e. The smallest absolute Gasteiger partial charge is 0.257 e. The van der Waals surface area contributed by atoms with E-state index in [2.05, 4.69) is 5.32 Å². The van der Waals surface area contributed by atoms with Crippen LogP contribution in [-0.2, 0) is 11.3 Å². The number of amides is 2. The molecular weight excluding hydrogens is 320 g/mol. The molecule has 0 spiro atoms. The van der Waals surface area contributed by atoms with Crippen LogP contribution in [0.15, 0.2) is 47.3 Å². The molecule has 0 radical (unpaired) electrons. The Labute approximate surface area is 146 Å². The number of benzene rings is 1. The fourth-order valence-electron chi connectivity index (χ4n) is 3.03. The van der Waals surface area contributed by atoms with Crippen molar-refractivity contribution in [1.82, 2.24) is 10.2 Å². The van der Waals surface area contributed by atoms with Gasteiger partial charge in [-0.05, 0) is 36.6 Å². The molecule has 0 saturated carbocycles. The molecule has 2 aromatic rings. The molecule has 1 fully saturated rings. The van der Waals surface area contributed by atoms with Gasteiger partial charge in [0.05, 0.1) is 18.9 Å². The lowest BCUT2D eigenvalue weighted by Crippen LogP contribution is -2.42. The topological polar surface area (TPSA) is 71.8 Å². The van der Waals surface area contributed by atoms with Crippen LogP contribution in [0.1, 0.15) is 28.8 Å². The molecule has 2 heterocycles. The SMILES string of the molecule is COc1cccc(CNC(=O)C2CCN(C(=O)c3ccoc3)CC2)c1. The van der Waals surface area contributed by atoms with E-state index in [1.54, 1.807) is 18.1 Å². The molecule has 1 aliphatic heterocycles. The van der Waals surface area contributed by atoms with Crippen molar-refractivity contribution in [3.63, 3.8) is 0 Å². The summed E-state index contributed by atoms with van der Waals surface area (Å²) in [7, 11) is 1.62. The second-order valence-electron chi connectivity index (χ2n) is 6.15. The fraction of sp³-hybridized carbons (Fsp3) is 0.368. The number of likely N-dealkylation sites (tertiary alicyclic amines) is 1. The van der Waals surface area contributed by atoms with E-state index in [9.17, 15) is 9.59 Å². The van der Waals surface area contributed by atoms with Crippen LogP contribution < -0.4 is 10.1 Å². The second kappa shape index (κ2) is 7.88. The Kier molecular flexibility index (Phi) is 5.38. The summed E-state index contributed by atoms with van der Waals surface area (Å²) in [6.07, 6.45) is 4.29. The zero-order valence-corrected chi connectivity index (χ0v) is 14.2. The van der Waals surface area contributed by atoms with Crippen LogP contribution in [-0.4, -0.2) is 36.9 Å². The minimum atomic E-state index is -0.0565. The third kappa shape index (κ3) is 4.21. The molecule has 2 amide bonds. The lowest BCUT2D eigenvalue weighted by molar-refractivity contribution is -0.126. The third-order valence-corrected chi connectivity index (χ3v) is 4.52. The largest absolute Gasteiger partial charge is 0.497 e. The van der Waals surface area contributed by atoms with Crippen molar-refractivity contribution in [3.8, 4) is 5.75 Å². The van der Waals surface area contributed by atoms with E-state index in [-0.39, 0.29) is 17.7 Å². The number of rotatable bonds is 5. The first-order chi connectivity index (χ1) is 12.2. The van der Waals surface area contributed by atoms with Crippen LogP contribution >= 0.6 is 0 Å². The highest BCUT2D eigenvalue weighted by atomic mass is 16.5. The standard InChI is InChI=1S/C19H22N2O4/c1-24-17-4-2-3-14(11-17)12-20-18(22)15-5-8-21(9-6-15)19(23)16-7-10-25-13-16/h2-4,7,10-11,13,15H,5-6,8-9,12H2,1H3,(H,20,22). The first kappa shape index (κ1) is 17.1. The molecule has 0 unspecified atom stereocenters. The number of methoxy groups -OCH3 is 1. The van der Waals surface area contributed by atoms with Crippen molar-refractivity contribution < 1.29 is 18.7 Å². The van der Waals surface area contributed by atoms with Crippen molar-refractivity contribution in [2.24, 2.45) is 5.92 Å². The summed E-state index contributed by atoms with van der Waals surface area (Å²) in [6.45, 7) is 1.65. The molecule has 0 bridgehead atoms. The van der Waals surface area contributed by atoms with E-state index in [0.717, 1.165) is 11.3 Å². The predicted octanol–water partition coefficient (Wildman–Crippen LogP) is 2.46. The van der Waals surface area contributed by atoms with Gasteiger partial charge in [-0.15, -0.1) is 0 Å². The van der Waals surface area contributed by atoms with E-state index >= 15 is 0 Å². The summed E-state index contributed by atoms with van der Waals surface area (Å²) in [5.74, 6) is 0.721. The molecule has 1 aromatic carbocycles. The van der Waals surface area contributed by atoms with E-state index in [0.29, 0.717) is 38.0 Å². The first-order valence-corrected chi connectivity index (χ1v) is 8.39. The molecule has 6 heteroatoms. The van der Waals surface area contributed by atoms with Gasteiger partial charge in [0.2, 0.25) is 5.91 Å². The number of carbonyl (C=O) groups is 2. The summed E-state index contributed by atoms with van der Waals surface area (Å²) in [5.41, 5.74) is 1.56. The van der Waals surface area contributed by atoms with E-state index in [4.69, 9.17) is 9.15 Å². The molecule has 1 aromatic heterocycles. The van der Waals surface area contributed by atoms with Gasteiger partial charge in [0.15, 0.2) is 0 Å². The molecule has 6 nitrogen and oxygen atoms in total. The summed E-state index contributed by atoms with van der Waals surface area (Å²) in [6, 6.07) is 9.30. The Morgan fingerprint density at radius 3 is 2.76 bits per heavy atom. The fourth-order valence-corrected chi connectivity index (χ4v) is 3.03. The molecule has 1 aliphatic rings. The zero-order chi connectivity index (χ0) is 17.6. The van der Waals surface area contributed by atoms with Crippen LogP contribution in [0.2, 0.25) is 0 Å². The average molecular weight is 342 g/mol. The first-order valence-electron chi connectivity index (χ1n) is 8.39. The summed E-state index contributed by atoms with van der Waals surface area (Å²) >= 11 is 0. The molecule has 25 heavy (non-hydrogen) atoms. The zero-order valence-electron chi connectivity index (χ0n) is 14.2. The number of hydrogen-bond acceptors (Lipinski definition) is 4. The van der Waals surface area contributed by atoms with E-state index in [1.807, 2.05) is 24.3 Å². The van der Waals surface area contributed by atoms with Gasteiger partial charge in [-0.3, -0.25) is 9.59 Å². The highest BCUT2D eigenvalue weighted by Crippen LogP contribution is 2.20. The molecule has 132 valence electrons. The summed E-state index contributed by atoms with van der Waals surface area (Å²) < 4.78 is 10.1. The van der Waals surface area contributed by atoms with Gasteiger partial charge in [-0.1, -0.05) is 12.1 Å². The predicted molar refractivity (Wildman–Crippen MR) is 92.2 cm³/mol. The van der Waals surface area contributed by atoms with Gasteiger partial charge >= 0.3 is 0 Å². The number of ether oxygens (including phenoxy) is 1. The number of carbonyl (C=O) groups excluding carboxylic acids is 2. The Hall–Kier alpha value is -2.76. The van der Waals surface area contributed by atoms with Gasteiger partial charge < -0.3 is 19.4 Å². The minimum absolute atomic E-state index is 0.0380. The van der Waals surface area contributed by atoms with Gasteiger partial charge in [0.25, 0.3) is 5.91 Å². The molecule has 0 atom stereocenters. The number of piperidine rings is 1. The van der Waals surface area contributed by atoms with Crippen LogP contribution in [0.5, 0.6) is 5.75 Å². The highest BCUT2D eigenvalue weighted by Gasteiger charge is 2.28.